The predicted octanol–water partition coefficient (Wildman–Crippen LogP) is -0.587. The molecule has 1 atom stereocenters. The summed E-state index contributed by atoms with van der Waals surface area (Å²) in [7, 11) is 1.80. The van der Waals surface area contributed by atoms with Crippen molar-refractivity contribution >= 4 is 18.2 Å². The van der Waals surface area contributed by atoms with Crippen LogP contribution < -0.4 is 10.8 Å². The highest BCUT2D eigenvalue weighted by Crippen LogP contribution is 2.10. The molecule has 106 valence electrons. The van der Waals surface area contributed by atoms with Crippen LogP contribution in [0.2, 0.25) is 0 Å². The third-order valence-electron chi connectivity index (χ3n) is 3.11. The average Bonchev–Trinajstić information content (AvgIpc) is 2.39. The van der Waals surface area contributed by atoms with E-state index in [2.05, 4.69) is 10.4 Å². The van der Waals surface area contributed by atoms with Crippen molar-refractivity contribution in [2.75, 3.05) is 0 Å². The molecule has 1 N–H and O–H groups in total. The van der Waals surface area contributed by atoms with Gasteiger partial charge in [-0.05, 0) is 25.0 Å². The van der Waals surface area contributed by atoms with E-state index in [-0.39, 0.29) is 18.7 Å². The van der Waals surface area contributed by atoms with Gasteiger partial charge < -0.3 is 4.57 Å². The number of hydrogen-bond donors (Lipinski definition) is 1. The molecule has 1 fully saturated rings. The van der Waals surface area contributed by atoms with Crippen molar-refractivity contribution in [1.29, 1.82) is 0 Å². The van der Waals surface area contributed by atoms with E-state index in [0.717, 1.165) is 10.6 Å². The summed E-state index contributed by atoms with van der Waals surface area (Å²) >= 11 is 0. The number of rotatable bonds is 3. The van der Waals surface area contributed by atoms with Crippen LogP contribution in [-0.4, -0.2) is 33.8 Å². The first kappa shape index (κ1) is 14.0. The van der Waals surface area contributed by atoms with Gasteiger partial charge in [0.1, 0.15) is 6.04 Å². The van der Waals surface area contributed by atoms with Crippen molar-refractivity contribution in [2.24, 2.45) is 12.1 Å². The molecule has 3 amide bonds. The molecule has 1 aromatic rings. The molecule has 0 spiro atoms. The number of carbonyl (C=O) groups is 3. The number of amides is 3. The molecule has 1 unspecified atom stereocenters. The molecule has 1 saturated heterocycles. The van der Waals surface area contributed by atoms with E-state index in [9.17, 15) is 14.4 Å². The minimum Gasteiger partial charge on any atom is -0.334 e. The summed E-state index contributed by atoms with van der Waals surface area (Å²) in [4.78, 5) is 34.0. The fourth-order valence-electron chi connectivity index (χ4n) is 2.06. The fraction of sp³-hybridized carbons (Fsp3) is 0.385. The molecule has 0 radical (unpaired) electrons. The van der Waals surface area contributed by atoms with Gasteiger partial charge in [-0.25, -0.2) is 5.01 Å². The number of imide groups is 1. The maximum Gasteiger partial charge on any atom is 0.251 e. The zero-order valence-electron chi connectivity index (χ0n) is 11.4. The fourth-order valence-corrected chi connectivity index (χ4v) is 2.06. The van der Waals surface area contributed by atoms with Crippen LogP contribution in [-0.2, 0) is 21.4 Å². The number of aryl methyl sites for hydroxylation is 2. The number of nitrogens with zero attached hydrogens (tertiary/aromatic N) is 3. The first-order valence-electron chi connectivity index (χ1n) is 6.26. The zero-order chi connectivity index (χ0) is 14.7. The monoisotopic (exact) mass is 276 g/mol. The lowest BCUT2D eigenvalue weighted by Crippen LogP contribution is -2.51. The maximum atomic E-state index is 11.7. The lowest BCUT2D eigenvalue weighted by Gasteiger charge is -2.25. The highest BCUT2D eigenvalue weighted by atomic mass is 16.2. The SMILES string of the molecule is Cc1cc/c(=N/N(C=O)C2CCC(=O)NC2=O)n(C)c1. The normalized spacial score (nSPS) is 19.7. The van der Waals surface area contributed by atoms with Gasteiger partial charge in [0.25, 0.3) is 5.91 Å². The number of pyridine rings is 1. The second-order valence-electron chi connectivity index (χ2n) is 4.73. The molecule has 2 heterocycles. The molecule has 0 bridgehead atoms. The van der Waals surface area contributed by atoms with E-state index in [1.807, 2.05) is 19.2 Å². The van der Waals surface area contributed by atoms with Crippen LogP contribution in [0.1, 0.15) is 18.4 Å². The topological polar surface area (TPSA) is 83.8 Å². The van der Waals surface area contributed by atoms with Gasteiger partial charge in [0.2, 0.25) is 12.3 Å². The quantitative estimate of drug-likeness (QED) is 0.455. The Bertz CT molecular complexity index is 620. The Balaban J connectivity index is 2.31. The Morgan fingerprint density at radius 1 is 1.45 bits per heavy atom. The van der Waals surface area contributed by atoms with Gasteiger partial charge >= 0.3 is 0 Å². The Kier molecular flexibility index (Phi) is 3.97. The van der Waals surface area contributed by atoms with Crippen molar-refractivity contribution < 1.29 is 14.4 Å². The Morgan fingerprint density at radius 2 is 2.20 bits per heavy atom. The van der Waals surface area contributed by atoms with Crippen molar-refractivity contribution in [3.8, 4) is 0 Å². The van der Waals surface area contributed by atoms with E-state index in [4.69, 9.17) is 0 Å². The van der Waals surface area contributed by atoms with Gasteiger partial charge in [-0.15, -0.1) is 0 Å². The van der Waals surface area contributed by atoms with Crippen molar-refractivity contribution in [2.45, 2.75) is 25.8 Å². The molecule has 2 rings (SSSR count). The summed E-state index contributed by atoms with van der Waals surface area (Å²) < 4.78 is 1.76. The number of nitrogens with one attached hydrogen (secondary N) is 1. The van der Waals surface area contributed by atoms with E-state index in [1.165, 1.54) is 0 Å². The standard InChI is InChI=1S/C13H16N4O3/c1-9-3-5-11(16(2)7-9)15-17(8-18)10-4-6-12(19)14-13(10)20/h3,5,7-8,10H,4,6H2,1-2H3,(H,14,19,20)/b15-11-. The average molecular weight is 276 g/mol. The van der Waals surface area contributed by atoms with E-state index in [0.29, 0.717) is 11.9 Å². The van der Waals surface area contributed by atoms with Crippen LogP contribution in [0.15, 0.2) is 23.4 Å². The largest absolute Gasteiger partial charge is 0.334 e. The lowest BCUT2D eigenvalue weighted by molar-refractivity contribution is -0.141. The van der Waals surface area contributed by atoms with Gasteiger partial charge in [0, 0.05) is 19.7 Å². The van der Waals surface area contributed by atoms with Crippen LogP contribution in [0, 0.1) is 6.92 Å². The highest BCUT2D eigenvalue weighted by Gasteiger charge is 2.31. The summed E-state index contributed by atoms with van der Waals surface area (Å²) in [6, 6.07) is 2.88. The van der Waals surface area contributed by atoms with E-state index in [1.54, 1.807) is 17.7 Å². The number of carbonyl (C=O) groups excluding carboxylic acids is 3. The van der Waals surface area contributed by atoms with Crippen molar-refractivity contribution in [3.05, 3.63) is 29.4 Å². The third kappa shape index (κ3) is 2.93. The molecule has 1 aliphatic heterocycles. The first-order valence-corrected chi connectivity index (χ1v) is 6.26. The molecule has 0 aromatic carbocycles. The third-order valence-corrected chi connectivity index (χ3v) is 3.11. The summed E-state index contributed by atoms with van der Waals surface area (Å²) in [5.74, 6) is -0.815. The summed E-state index contributed by atoms with van der Waals surface area (Å²) in [5, 5.41) is 7.44. The Hall–Kier alpha value is -2.44. The van der Waals surface area contributed by atoms with Crippen LogP contribution >= 0.6 is 0 Å². The second kappa shape index (κ2) is 5.68. The predicted molar refractivity (Wildman–Crippen MR) is 69.8 cm³/mol. The summed E-state index contributed by atoms with van der Waals surface area (Å²) in [6.45, 7) is 1.95. The van der Waals surface area contributed by atoms with Crippen molar-refractivity contribution in [1.82, 2.24) is 14.9 Å². The van der Waals surface area contributed by atoms with Gasteiger partial charge in [-0.3, -0.25) is 19.7 Å². The molecular weight excluding hydrogens is 260 g/mol. The van der Waals surface area contributed by atoms with Crippen LogP contribution in [0.3, 0.4) is 0 Å². The number of hydrogen-bond acceptors (Lipinski definition) is 4. The molecule has 7 nitrogen and oxygen atoms in total. The molecule has 7 heteroatoms. The highest BCUT2D eigenvalue weighted by molar-refractivity contribution is 6.00. The zero-order valence-corrected chi connectivity index (χ0v) is 11.4. The van der Waals surface area contributed by atoms with Crippen LogP contribution in [0.25, 0.3) is 0 Å². The molecule has 0 saturated carbocycles. The maximum absolute atomic E-state index is 11.7. The van der Waals surface area contributed by atoms with Gasteiger partial charge in [0.05, 0.1) is 0 Å². The molecule has 1 aliphatic rings. The molecule has 0 aliphatic carbocycles. The van der Waals surface area contributed by atoms with E-state index >= 15 is 0 Å². The van der Waals surface area contributed by atoms with Crippen molar-refractivity contribution in [3.63, 3.8) is 0 Å². The first-order chi connectivity index (χ1) is 9.51. The number of piperidine rings is 1. The summed E-state index contributed by atoms with van der Waals surface area (Å²) in [5.41, 5.74) is 1.61. The van der Waals surface area contributed by atoms with Crippen LogP contribution in [0.4, 0.5) is 0 Å². The summed E-state index contributed by atoms with van der Waals surface area (Å²) in [6.07, 6.45) is 2.85. The number of aromatic nitrogens is 1. The minimum atomic E-state index is -0.744. The second-order valence-corrected chi connectivity index (χ2v) is 4.73. The van der Waals surface area contributed by atoms with Crippen LogP contribution in [0.5, 0.6) is 0 Å². The smallest absolute Gasteiger partial charge is 0.251 e. The molecule has 20 heavy (non-hydrogen) atoms. The van der Waals surface area contributed by atoms with Gasteiger partial charge in [0.15, 0.2) is 5.49 Å². The minimum absolute atomic E-state index is 0.205. The Labute approximate surface area is 115 Å². The van der Waals surface area contributed by atoms with E-state index < -0.39 is 11.9 Å². The molecule has 1 aromatic heterocycles. The van der Waals surface area contributed by atoms with Gasteiger partial charge in [-0.1, -0.05) is 6.07 Å². The Morgan fingerprint density at radius 3 is 2.80 bits per heavy atom. The van der Waals surface area contributed by atoms with Gasteiger partial charge in [-0.2, -0.15) is 5.10 Å². The molecular formula is C13H16N4O3. The lowest BCUT2D eigenvalue weighted by atomic mass is 10.1.